The molecule has 96 valence electrons. The minimum absolute atomic E-state index is 0.000137. The highest BCUT2D eigenvalue weighted by atomic mass is 35.5. The van der Waals surface area contributed by atoms with E-state index in [1.807, 2.05) is 0 Å². The third-order valence-electron chi connectivity index (χ3n) is 2.80. The Morgan fingerprint density at radius 1 is 1.56 bits per heavy atom. The van der Waals surface area contributed by atoms with Crippen molar-refractivity contribution in [1.29, 1.82) is 0 Å². The molecule has 1 aliphatic heterocycles. The summed E-state index contributed by atoms with van der Waals surface area (Å²) in [6, 6.07) is 4.24. The van der Waals surface area contributed by atoms with Crippen molar-refractivity contribution >= 4 is 23.4 Å². The summed E-state index contributed by atoms with van der Waals surface area (Å²) < 4.78 is 0. The van der Waals surface area contributed by atoms with Crippen molar-refractivity contribution in [3.63, 3.8) is 0 Å². The number of rotatable bonds is 3. The van der Waals surface area contributed by atoms with E-state index in [2.05, 4.69) is 10.6 Å². The predicted octanol–water partition coefficient (Wildman–Crippen LogP) is 1.05. The molecular formula is C12H13ClN2O3. The lowest BCUT2D eigenvalue weighted by Crippen LogP contribution is -2.38. The topological polar surface area (TPSA) is 78.4 Å². The van der Waals surface area contributed by atoms with Crippen LogP contribution in [-0.4, -0.2) is 29.5 Å². The monoisotopic (exact) mass is 268 g/mol. The van der Waals surface area contributed by atoms with Crippen LogP contribution < -0.4 is 10.6 Å². The summed E-state index contributed by atoms with van der Waals surface area (Å²) in [7, 11) is 0. The van der Waals surface area contributed by atoms with Crippen molar-refractivity contribution in [3.8, 4) is 5.75 Å². The smallest absolute Gasteiger partial charge is 0.255 e. The van der Waals surface area contributed by atoms with Gasteiger partial charge in [0.1, 0.15) is 5.75 Å². The maximum Gasteiger partial charge on any atom is 0.255 e. The zero-order valence-corrected chi connectivity index (χ0v) is 10.3. The maximum atomic E-state index is 11.8. The molecule has 5 nitrogen and oxygen atoms in total. The molecule has 1 aromatic carbocycles. The van der Waals surface area contributed by atoms with E-state index in [4.69, 9.17) is 11.6 Å². The number of hydrogen-bond donors (Lipinski definition) is 3. The molecule has 2 rings (SSSR count). The Bertz CT molecular complexity index is 490. The second-order valence-electron chi connectivity index (χ2n) is 4.17. The molecule has 0 radical (unpaired) electrons. The molecule has 0 spiro atoms. The van der Waals surface area contributed by atoms with E-state index in [1.54, 1.807) is 0 Å². The molecule has 1 aliphatic rings. The van der Waals surface area contributed by atoms with Gasteiger partial charge >= 0.3 is 0 Å². The molecule has 18 heavy (non-hydrogen) atoms. The lowest BCUT2D eigenvalue weighted by molar-refractivity contribution is -0.119. The minimum Gasteiger partial charge on any atom is -0.507 e. The summed E-state index contributed by atoms with van der Waals surface area (Å²) in [6.45, 7) is 0.344. The number of amides is 2. The second-order valence-corrected chi connectivity index (χ2v) is 4.61. The fourth-order valence-electron chi connectivity index (χ4n) is 1.83. The van der Waals surface area contributed by atoms with Crippen LogP contribution in [0.15, 0.2) is 18.2 Å². The number of halogens is 1. The van der Waals surface area contributed by atoms with E-state index in [9.17, 15) is 14.7 Å². The van der Waals surface area contributed by atoms with Gasteiger partial charge in [0.05, 0.1) is 5.56 Å². The van der Waals surface area contributed by atoms with Crippen LogP contribution >= 0.6 is 11.6 Å². The van der Waals surface area contributed by atoms with Crippen LogP contribution in [0.4, 0.5) is 0 Å². The van der Waals surface area contributed by atoms with Crippen molar-refractivity contribution in [2.45, 2.75) is 18.9 Å². The van der Waals surface area contributed by atoms with E-state index >= 15 is 0 Å². The molecule has 1 fully saturated rings. The molecule has 6 heteroatoms. The zero-order valence-electron chi connectivity index (χ0n) is 9.57. The Labute approximate surface area is 109 Å². The van der Waals surface area contributed by atoms with Gasteiger partial charge in [0.15, 0.2) is 0 Å². The Balaban J connectivity index is 1.95. The molecule has 0 bridgehead atoms. The zero-order chi connectivity index (χ0) is 13.1. The van der Waals surface area contributed by atoms with E-state index in [0.717, 1.165) is 0 Å². The molecule has 1 unspecified atom stereocenters. The molecule has 1 aromatic rings. The number of nitrogens with one attached hydrogen (secondary N) is 2. The normalized spacial score (nSPS) is 18.5. The van der Waals surface area contributed by atoms with Crippen LogP contribution in [0.3, 0.4) is 0 Å². The fraction of sp³-hybridized carbons (Fsp3) is 0.333. The number of carbonyl (C=O) groups is 2. The number of phenols is 1. The molecule has 3 N–H and O–H groups in total. The number of aromatic hydroxyl groups is 1. The standard InChI is InChI=1S/C12H13ClN2O3/c13-7-1-3-10(16)9(5-7)12(18)14-6-8-2-4-11(17)15-8/h1,3,5,8,16H,2,4,6H2,(H,14,18)(H,15,17). The molecule has 2 amide bonds. The van der Waals surface area contributed by atoms with Crippen molar-refractivity contribution in [2.75, 3.05) is 6.54 Å². The van der Waals surface area contributed by atoms with Gasteiger partial charge in [-0.2, -0.15) is 0 Å². The van der Waals surface area contributed by atoms with E-state index in [-0.39, 0.29) is 23.3 Å². The fourth-order valence-corrected chi connectivity index (χ4v) is 2.00. The first kappa shape index (κ1) is 12.7. The molecule has 1 saturated heterocycles. The number of carbonyl (C=O) groups excluding carboxylic acids is 2. The van der Waals surface area contributed by atoms with E-state index < -0.39 is 5.91 Å². The highest BCUT2D eigenvalue weighted by Gasteiger charge is 2.21. The Morgan fingerprint density at radius 3 is 3.00 bits per heavy atom. The SMILES string of the molecule is O=C1CCC(CNC(=O)c2cc(Cl)ccc2O)N1. The lowest BCUT2D eigenvalue weighted by atomic mass is 10.1. The average Bonchev–Trinajstić information content (AvgIpc) is 2.75. The maximum absolute atomic E-state index is 11.8. The van der Waals surface area contributed by atoms with Crippen LogP contribution in [0.5, 0.6) is 5.75 Å². The quantitative estimate of drug-likeness (QED) is 0.767. The summed E-state index contributed by atoms with van der Waals surface area (Å²) in [5.41, 5.74) is 0.131. The van der Waals surface area contributed by atoms with Gasteiger partial charge in [0.25, 0.3) is 5.91 Å². The van der Waals surface area contributed by atoms with Crippen LogP contribution in [0.2, 0.25) is 5.02 Å². The van der Waals surface area contributed by atoms with Crippen LogP contribution in [0, 0.1) is 0 Å². The lowest BCUT2D eigenvalue weighted by Gasteiger charge is -2.12. The van der Waals surface area contributed by atoms with Gasteiger partial charge in [0, 0.05) is 24.0 Å². The van der Waals surface area contributed by atoms with Crippen molar-refractivity contribution in [1.82, 2.24) is 10.6 Å². The van der Waals surface area contributed by atoms with E-state index in [1.165, 1.54) is 18.2 Å². The summed E-state index contributed by atoms with van der Waals surface area (Å²) >= 11 is 5.76. The highest BCUT2D eigenvalue weighted by Crippen LogP contribution is 2.21. The first-order valence-corrected chi connectivity index (χ1v) is 6.00. The minimum atomic E-state index is -0.406. The third kappa shape index (κ3) is 2.92. The van der Waals surface area contributed by atoms with Gasteiger partial charge < -0.3 is 15.7 Å². The van der Waals surface area contributed by atoms with E-state index in [0.29, 0.717) is 24.4 Å². The molecular weight excluding hydrogens is 256 g/mol. The van der Waals surface area contributed by atoms with Crippen molar-refractivity contribution in [2.24, 2.45) is 0 Å². The summed E-state index contributed by atoms with van der Waals surface area (Å²) in [5.74, 6) is -0.525. The third-order valence-corrected chi connectivity index (χ3v) is 3.03. The highest BCUT2D eigenvalue weighted by molar-refractivity contribution is 6.31. The van der Waals surface area contributed by atoms with Crippen LogP contribution in [0.1, 0.15) is 23.2 Å². The van der Waals surface area contributed by atoms with Crippen LogP contribution in [-0.2, 0) is 4.79 Å². The first-order chi connectivity index (χ1) is 8.56. The molecule has 1 heterocycles. The van der Waals surface area contributed by atoms with Gasteiger partial charge in [-0.05, 0) is 24.6 Å². The number of hydrogen-bond acceptors (Lipinski definition) is 3. The average molecular weight is 269 g/mol. The van der Waals surface area contributed by atoms with Gasteiger partial charge in [-0.1, -0.05) is 11.6 Å². The Hall–Kier alpha value is -1.75. The summed E-state index contributed by atoms with van der Waals surface area (Å²) in [5, 5.41) is 15.3. The van der Waals surface area contributed by atoms with Gasteiger partial charge in [0.2, 0.25) is 5.91 Å². The Kier molecular flexibility index (Phi) is 3.72. The van der Waals surface area contributed by atoms with Crippen LogP contribution in [0.25, 0.3) is 0 Å². The van der Waals surface area contributed by atoms with Crippen molar-refractivity contribution in [3.05, 3.63) is 28.8 Å². The Morgan fingerprint density at radius 2 is 2.33 bits per heavy atom. The van der Waals surface area contributed by atoms with Crippen molar-refractivity contribution < 1.29 is 14.7 Å². The van der Waals surface area contributed by atoms with Gasteiger partial charge in [-0.3, -0.25) is 9.59 Å². The second kappa shape index (κ2) is 5.27. The molecule has 0 saturated carbocycles. The molecule has 1 atom stereocenters. The number of phenolic OH excluding ortho intramolecular Hbond substituents is 1. The van der Waals surface area contributed by atoms with Gasteiger partial charge in [-0.15, -0.1) is 0 Å². The molecule has 0 aromatic heterocycles. The first-order valence-electron chi connectivity index (χ1n) is 5.62. The summed E-state index contributed by atoms with van der Waals surface area (Å²) in [4.78, 5) is 22.8. The van der Waals surface area contributed by atoms with Gasteiger partial charge in [-0.25, -0.2) is 0 Å². The summed E-state index contributed by atoms with van der Waals surface area (Å²) in [6.07, 6.45) is 1.20. The largest absolute Gasteiger partial charge is 0.507 e. The number of benzene rings is 1. The molecule has 0 aliphatic carbocycles. The predicted molar refractivity (Wildman–Crippen MR) is 66.6 cm³/mol.